The zero-order chi connectivity index (χ0) is 17.5. The molecule has 0 aliphatic heterocycles. The molecule has 7 heteroatoms. The van der Waals surface area contributed by atoms with E-state index in [1.807, 2.05) is 0 Å². The predicted molar refractivity (Wildman–Crippen MR) is 85.4 cm³/mol. The molecule has 124 valence electrons. The van der Waals surface area contributed by atoms with Crippen LogP contribution in [0, 0.1) is 22.0 Å². The van der Waals surface area contributed by atoms with Gasteiger partial charge in [-0.3, -0.25) is 10.1 Å². The summed E-state index contributed by atoms with van der Waals surface area (Å²) >= 11 is 0. The van der Waals surface area contributed by atoms with Crippen molar-refractivity contribution in [2.24, 2.45) is 0 Å². The van der Waals surface area contributed by atoms with Crippen LogP contribution in [-0.2, 0) is 4.74 Å². The van der Waals surface area contributed by atoms with Crippen LogP contribution in [0.15, 0.2) is 18.2 Å². The number of hydrogen-bond acceptors (Lipinski definition) is 5. The van der Waals surface area contributed by atoms with Crippen molar-refractivity contribution < 1.29 is 19.2 Å². The van der Waals surface area contributed by atoms with Gasteiger partial charge in [-0.1, -0.05) is 11.8 Å². The summed E-state index contributed by atoms with van der Waals surface area (Å²) < 4.78 is 10.0. The number of rotatable bonds is 4. The first-order valence-electron chi connectivity index (χ1n) is 7.01. The quantitative estimate of drug-likeness (QED) is 0.399. The van der Waals surface area contributed by atoms with Crippen molar-refractivity contribution >= 4 is 11.8 Å². The first-order valence-corrected chi connectivity index (χ1v) is 7.01. The Morgan fingerprint density at radius 2 is 2.09 bits per heavy atom. The Bertz CT molecular complexity index is 638. The monoisotopic (exact) mass is 320 g/mol. The summed E-state index contributed by atoms with van der Waals surface area (Å²) in [4.78, 5) is 21.9. The van der Waals surface area contributed by atoms with Crippen LogP contribution in [0.25, 0.3) is 0 Å². The highest BCUT2D eigenvalue weighted by atomic mass is 16.6. The smallest absolute Gasteiger partial charge is 0.407 e. The summed E-state index contributed by atoms with van der Waals surface area (Å²) in [7, 11) is 1.44. The number of nitrogens with zero attached hydrogens (tertiary/aromatic N) is 1. The SMILES string of the molecule is COc1ccc(C#CCCNC(=O)OC(C)(C)C)c([N+](=O)[O-])c1. The van der Waals surface area contributed by atoms with E-state index >= 15 is 0 Å². The molecule has 1 N–H and O–H groups in total. The summed E-state index contributed by atoms with van der Waals surface area (Å²) in [5.74, 6) is 5.91. The van der Waals surface area contributed by atoms with Gasteiger partial charge in [0.15, 0.2) is 0 Å². The second kappa shape index (κ2) is 8.03. The Kier molecular flexibility index (Phi) is 6.39. The molecule has 0 aliphatic rings. The summed E-state index contributed by atoms with van der Waals surface area (Å²) in [5, 5.41) is 13.6. The lowest BCUT2D eigenvalue weighted by molar-refractivity contribution is -0.385. The van der Waals surface area contributed by atoms with Crippen LogP contribution < -0.4 is 10.1 Å². The van der Waals surface area contributed by atoms with Gasteiger partial charge in [-0.05, 0) is 32.9 Å². The molecule has 0 aromatic heterocycles. The minimum atomic E-state index is -0.556. The second-order valence-electron chi connectivity index (χ2n) is 5.62. The van der Waals surface area contributed by atoms with E-state index in [2.05, 4.69) is 17.2 Å². The number of amides is 1. The fourth-order valence-electron chi connectivity index (χ4n) is 1.59. The van der Waals surface area contributed by atoms with E-state index in [0.29, 0.717) is 24.3 Å². The summed E-state index contributed by atoms with van der Waals surface area (Å²) in [6.45, 7) is 5.62. The Hall–Kier alpha value is -2.75. The molecule has 1 amide bonds. The van der Waals surface area contributed by atoms with E-state index < -0.39 is 16.6 Å². The largest absolute Gasteiger partial charge is 0.497 e. The Morgan fingerprint density at radius 3 is 2.65 bits per heavy atom. The lowest BCUT2D eigenvalue weighted by atomic mass is 10.1. The average molecular weight is 320 g/mol. The van der Waals surface area contributed by atoms with Crippen LogP contribution in [0.1, 0.15) is 32.8 Å². The van der Waals surface area contributed by atoms with Crippen molar-refractivity contribution in [2.45, 2.75) is 32.8 Å². The molecule has 0 unspecified atom stereocenters. The highest BCUT2D eigenvalue weighted by molar-refractivity contribution is 5.67. The van der Waals surface area contributed by atoms with Crippen LogP contribution in [0.4, 0.5) is 10.5 Å². The number of benzene rings is 1. The van der Waals surface area contributed by atoms with Gasteiger partial charge < -0.3 is 14.8 Å². The summed E-state index contributed by atoms with van der Waals surface area (Å²) in [6, 6.07) is 4.46. The van der Waals surface area contributed by atoms with E-state index in [0.717, 1.165) is 0 Å². The normalized spacial score (nSPS) is 10.3. The maximum atomic E-state index is 11.4. The zero-order valence-corrected chi connectivity index (χ0v) is 13.6. The predicted octanol–water partition coefficient (Wildman–Crippen LogP) is 2.87. The van der Waals surface area contributed by atoms with Crippen molar-refractivity contribution in [3.8, 4) is 17.6 Å². The molecule has 23 heavy (non-hydrogen) atoms. The Morgan fingerprint density at radius 1 is 1.39 bits per heavy atom. The van der Waals surface area contributed by atoms with Crippen LogP contribution in [0.5, 0.6) is 5.75 Å². The molecule has 0 saturated carbocycles. The van der Waals surface area contributed by atoms with Crippen LogP contribution in [0.3, 0.4) is 0 Å². The van der Waals surface area contributed by atoms with Gasteiger partial charge in [0, 0.05) is 13.0 Å². The maximum absolute atomic E-state index is 11.4. The van der Waals surface area contributed by atoms with E-state index in [-0.39, 0.29) is 5.69 Å². The molecule has 1 aromatic carbocycles. The number of hydrogen-bond donors (Lipinski definition) is 1. The third-order valence-corrected chi connectivity index (χ3v) is 2.54. The van der Waals surface area contributed by atoms with Gasteiger partial charge in [0.1, 0.15) is 16.9 Å². The molecule has 0 fully saturated rings. The van der Waals surface area contributed by atoms with Crippen molar-refractivity contribution in [1.29, 1.82) is 0 Å². The highest BCUT2D eigenvalue weighted by Gasteiger charge is 2.15. The summed E-state index contributed by atoms with van der Waals surface area (Å²) in [5.41, 5.74) is -0.371. The molecule has 0 saturated heterocycles. The van der Waals surface area contributed by atoms with Crippen molar-refractivity contribution in [1.82, 2.24) is 5.32 Å². The highest BCUT2D eigenvalue weighted by Crippen LogP contribution is 2.23. The number of carbonyl (C=O) groups is 1. The fraction of sp³-hybridized carbons (Fsp3) is 0.438. The number of alkyl carbamates (subject to hydrolysis) is 1. The van der Waals surface area contributed by atoms with E-state index in [4.69, 9.17) is 9.47 Å². The molecule has 0 bridgehead atoms. The van der Waals surface area contributed by atoms with Crippen molar-refractivity contribution in [3.63, 3.8) is 0 Å². The number of methoxy groups -OCH3 is 1. The molecule has 0 radical (unpaired) electrons. The first-order chi connectivity index (χ1) is 10.7. The van der Waals surface area contributed by atoms with Gasteiger partial charge in [0.25, 0.3) is 5.69 Å². The molecule has 0 atom stereocenters. The lowest BCUT2D eigenvalue weighted by Crippen LogP contribution is -2.32. The van der Waals surface area contributed by atoms with Gasteiger partial charge in [0.05, 0.1) is 18.1 Å². The Labute approximate surface area is 135 Å². The lowest BCUT2D eigenvalue weighted by Gasteiger charge is -2.19. The molecule has 1 rings (SSSR count). The molecule has 0 heterocycles. The number of nitro benzene ring substituents is 1. The van der Waals surface area contributed by atoms with Crippen LogP contribution >= 0.6 is 0 Å². The standard InChI is InChI=1S/C16H20N2O5/c1-16(2,3)23-15(19)17-10-6-5-7-12-8-9-13(22-4)11-14(12)18(20)21/h8-9,11H,6,10H2,1-4H3,(H,17,19). The average Bonchev–Trinajstić information content (AvgIpc) is 2.45. The molecule has 7 nitrogen and oxygen atoms in total. The van der Waals surface area contributed by atoms with Gasteiger partial charge >= 0.3 is 6.09 Å². The number of ether oxygens (including phenoxy) is 2. The molecule has 1 aromatic rings. The van der Waals surface area contributed by atoms with Crippen LogP contribution in [-0.4, -0.2) is 30.3 Å². The van der Waals surface area contributed by atoms with Gasteiger partial charge in [-0.25, -0.2) is 4.79 Å². The molecular formula is C16H20N2O5. The van der Waals surface area contributed by atoms with Gasteiger partial charge in [0.2, 0.25) is 0 Å². The minimum Gasteiger partial charge on any atom is -0.497 e. The molecule has 0 aliphatic carbocycles. The number of nitrogens with one attached hydrogen (secondary N) is 1. The van der Waals surface area contributed by atoms with E-state index in [9.17, 15) is 14.9 Å². The third kappa shape index (κ3) is 6.70. The number of carbonyl (C=O) groups excluding carboxylic acids is 1. The van der Waals surface area contributed by atoms with Crippen molar-refractivity contribution in [2.75, 3.05) is 13.7 Å². The Balaban J connectivity index is 2.60. The zero-order valence-electron chi connectivity index (χ0n) is 13.6. The number of nitro groups is 1. The van der Waals surface area contributed by atoms with Crippen molar-refractivity contribution in [3.05, 3.63) is 33.9 Å². The van der Waals surface area contributed by atoms with Gasteiger partial charge in [-0.15, -0.1) is 0 Å². The van der Waals surface area contributed by atoms with E-state index in [1.54, 1.807) is 26.8 Å². The van der Waals surface area contributed by atoms with Crippen LogP contribution in [0.2, 0.25) is 0 Å². The topological polar surface area (TPSA) is 90.7 Å². The fourth-order valence-corrected chi connectivity index (χ4v) is 1.59. The first kappa shape index (κ1) is 18.3. The third-order valence-electron chi connectivity index (χ3n) is 2.54. The van der Waals surface area contributed by atoms with Gasteiger partial charge in [-0.2, -0.15) is 0 Å². The second-order valence-corrected chi connectivity index (χ2v) is 5.62. The van der Waals surface area contributed by atoms with E-state index in [1.165, 1.54) is 19.2 Å². The molecular weight excluding hydrogens is 300 g/mol. The minimum absolute atomic E-state index is 0.114. The molecule has 0 spiro atoms. The summed E-state index contributed by atoms with van der Waals surface area (Å²) in [6.07, 6.45) is -0.169. The maximum Gasteiger partial charge on any atom is 0.407 e.